The Morgan fingerprint density at radius 3 is 2.29 bits per heavy atom. The summed E-state index contributed by atoms with van der Waals surface area (Å²) < 4.78 is 10.1. The zero-order valence-corrected chi connectivity index (χ0v) is 12.3. The molecule has 0 aromatic rings. The van der Waals surface area contributed by atoms with Gasteiger partial charge >= 0.3 is 0 Å². The van der Waals surface area contributed by atoms with Crippen LogP contribution in [0.15, 0.2) is 12.3 Å². The van der Waals surface area contributed by atoms with Crippen LogP contribution in [-0.2, 0) is 42.2 Å². The zero-order valence-electron chi connectivity index (χ0n) is 9.45. The largest absolute Gasteiger partial charge is 0.598 e. The fraction of sp³-hybridized carbons (Fsp3) is 0.778. The molecule has 0 spiro atoms. The number of nitrogens with zero attached hydrogens (tertiary/aromatic N) is 1. The molecule has 5 heteroatoms. The van der Waals surface area contributed by atoms with E-state index in [-0.39, 0.29) is 32.7 Å². The molecule has 0 atom stereocenters. The van der Waals surface area contributed by atoms with Crippen molar-refractivity contribution in [3.8, 4) is 0 Å². The van der Waals surface area contributed by atoms with E-state index in [1.807, 2.05) is 13.8 Å². The van der Waals surface area contributed by atoms with E-state index < -0.39 is 0 Å². The minimum absolute atomic E-state index is 0. The van der Waals surface area contributed by atoms with Crippen LogP contribution in [0.5, 0.6) is 0 Å². The molecule has 83 valence electrons. The van der Waals surface area contributed by atoms with E-state index in [1.54, 1.807) is 6.92 Å². The molecule has 1 radical (unpaired) electrons. The fourth-order valence-electron chi connectivity index (χ4n) is 0.494. The molecular weight excluding hydrogens is 257 g/mol. The standard InChI is InChI=1S/C7H15N2O2.C2H6.Y/c1-7(2)11-6-5-10-4-3-9-8;1-2;/h1,3-6,8H2,2H3;1-2H3;/q-1;;. The van der Waals surface area contributed by atoms with Crippen LogP contribution in [0, 0.1) is 0 Å². The van der Waals surface area contributed by atoms with Crippen molar-refractivity contribution in [3.05, 3.63) is 17.8 Å². The molecular formula is C9H21N2O2Y-. The summed E-state index contributed by atoms with van der Waals surface area (Å²) in [6.45, 7) is 11.6. The van der Waals surface area contributed by atoms with Gasteiger partial charge in [0.15, 0.2) is 0 Å². The first-order chi connectivity index (χ1) is 6.27. The van der Waals surface area contributed by atoms with E-state index in [0.717, 1.165) is 0 Å². The van der Waals surface area contributed by atoms with Gasteiger partial charge in [-0.1, -0.05) is 20.4 Å². The van der Waals surface area contributed by atoms with Crippen molar-refractivity contribution in [3.63, 3.8) is 0 Å². The number of rotatable bonds is 7. The summed E-state index contributed by atoms with van der Waals surface area (Å²) in [4.78, 5) is 0. The minimum atomic E-state index is 0. The normalized spacial score (nSPS) is 8.00. The number of hydrogen-bond donors (Lipinski definition) is 1. The second-order valence-corrected chi connectivity index (χ2v) is 2.07. The topological polar surface area (TPSA) is 58.6 Å². The summed E-state index contributed by atoms with van der Waals surface area (Å²) in [5, 5.41) is 0. The van der Waals surface area contributed by atoms with Crippen molar-refractivity contribution < 1.29 is 42.2 Å². The molecule has 0 fully saturated rings. The third kappa shape index (κ3) is 22.9. The summed E-state index contributed by atoms with van der Waals surface area (Å²) in [6.07, 6.45) is 0. The Kier molecular flexibility index (Phi) is 27.4. The molecule has 0 bridgehead atoms. The van der Waals surface area contributed by atoms with E-state index >= 15 is 0 Å². The molecule has 0 unspecified atom stereocenters. The van der Waals surface area contributed by atoms with Gasteiger partial charge < -0.3 is 20.7 Å². The number of allylic oxidation sites excluding steroid dienone is 1. The molecule has 0 aromatic carbocycles. The molecule has 4 nitrogen and oxygen atoms in total. The summed E-state index contributed by atoms with van der Waals surface area (Å²) in [5.74, 6) is 5.60. The van der Waals surface area contributed by atoms with Crippen molar-refractivity contribution in [2.75, 3.05) is 26.4 Å². The van der Waals surface area contributed by atoms with Crippen LogP contribution in [-0.4, -0.2) is 26.4 Å². The molecule has 0 aliphatic carbocycles. The molecule has 0 amide bonds. The Hall–Kier alpha value is 0.524. The molecule has 0 aliphatic heterocycles. The van der Waals surface area contributed by atoms with Crippen LogP contribution in [0.2, 0.25) is 0 Å². The summed E-state index contributed by atoms with van der Waals surface area (Å²) >= 11 is 0. The Morgan fingerprint density at radius 1 is 1.29 bits per heavy atom. The number of hydrogen-bond acceptors (Lipinski definition) is 3. The smallest absolute Gasteiger partial charge is 0.111 e. The van der Waals surface area contributed by atoms with Gasteiger partial charge in [0.2, 0.25) is 0 Å². The van der Waals surface area contributed by atoms with Gasteiger partial charge in [0.05, 0.1) is 12.4 Å². The molecule has 14 heavy (non-hydrogen) atoms. The molecule has 0 rings (SSSR count). The first kappa shape index (κ1) is 20.0. The average molecular weight is 278 g/mol. The van der Waals surface area contributed by atoms with Crippen LogP contribution in [0.3, 0.4) is 0 Å². The monoisotopic (exact) mass is 278 g/mol. The van der Waals surface area contributed by atoms with Crippen LogP contribution in [0.4, 0.5) is 0 Å². The van der Waals surface area contributed by atoms with Gasteiger partial charge in [0, 0.05) is 39.3 Å². The Morgan fingerprint density at radius 2 is 1.86 bits per heavy atom. The van der Waals surface area contributed by atoms with Crippen LogP contribution < -0.4 is 5.84 Å². The first-order valence-electron chi connectivity index (χ1n) is 4.50. The quantitative estimate of drug-likeness (QED) is 0.334. The summed E-state index contributed by atoms with van der Waals surface area (Å²) in [6, 6.07) is 0. The van der Waals surface area contributed by atoms with E-state index in [9.17, 15) is 0 Å². The van der Waals surface area contributed by atoms with E-state index in [0.29, 0.717) is 32.1 Å². The van der Waals surface area contributed by atoms with Crippen molar-refractivity contribution in [1.29, 1.82) is 0 Å². The molecule has 0 heterocycles. The Balaban J connectivity index is -0.000000376. The fourth-order valence-corrected chi connectivity index (χ4v) is 0.494. The predicted molar refractivity (Wildman–Crippen MR) is 55.3 cm³/mol. The maximum atomic E-state index is 5.08. The van der Waals surface area contributed by atoms with Crippen molar-refractivity contribution >= 4 is 0 Å². The molecule has 0 saturated heterocycles. The van der Waals surface area contributed by atoms with Crippen LogP contribution in [0.1, 0.15) is 20.8 Å². The Bertz CT molecular complexity index is 113. The number of nitrogens with two attached hydrogens (primary N) is 1. The molecule has 0 saturated carbocycles. The van der Waals surface area contributed by atoms with Gasteiger partial charge in [-0.3, -0.25) is 0 Å². The van der Waals surface area contributed by atoms with Gasteiger partial charge in [-0.2, -0.15) is 0 Å². The second kappa shape index (κ2) is 19.2. The SMILES string of the molecule is C=C(C)OCCOCC[N-]N.CC.[Y]. The summed E-state index contributed by atoms with van der Waals surface area (Å²) in [7, 11) is 0. The second-order valence-electron chi connectivity index (χ2n) is 2.07. The van der Waals surface area contributed by atoms with Gasteiger partial charge in [-0.15, -0.1) is 6.54 Å². The molecule has 2 N–H and O–H groups in total. The minimum Gasteiger partial charge on any atom is -0.598 e. The van der Waals surface area contributed by atoms with Gasteiger partial charge in [-0.05, 0) is 6.92 Å². The van der Waals surface area contributed by atoms with Crippen molar-refractivity contribution in [2.45, 2.75) is 20.8 Å². The van der Waals surface area contributed by atoms with Gasteiger partial charge in [-0.25, -0.2) is 0 Å². The van der Waals surface area contributed by atoms with Crippen LogP contribution >= 0.6 is 0 Å². The predicted octanol–water partition coefficient (Wildman–Crippen LogP) is 1.82. The number of ether oxygens (including phenoxy) is 2. The van der Waals surface area contributed by atoms with Crippen LogP contribution in [0.25, 0.3) is 5.43 Å². The average Bonchev–Trinajstić information content (AvgIpc) is 2.14. The molecule has 0 aromatic heterocycles. The maximum Gasteiger partial charge on any atom is 0.111 e. The van der Waals surface area contributed by atoms with E-state index in [4.69, 9.17) is 15.3 Å². The van der Waals surface area contributed by atoms with Crippen molar-refractivity contribution in [1.82, 2.24) is 0 Å². The maximum absolute atomic E-state index is 5.08. The third-order valence-corrected chi connectivity index (χ3v) is 0.941. The Labute approximate surface area is 112 Å². The van der Waals surface area contributed by atoms with Gasteiger partial charge in [0.25, 0.3) is 0 Å². The summed E-state index contributed by atoms with van der Waals surface area (Å²) in [5.41, 5.74) is 3.39. The molecule has 0 aliphatic rings. The van der Waals surface area contributed by atoms with E-state index in [2.05, 4.69) is 12.0 Å². The zero-order chi connectivity index (χ0) is 10.5. The van der Waals surface area contributed by atoms with E-state index in [1.165, 1.54) is 0 Å². The first-order valence-corrected chi connectivity index (χ1v) is 4.50. The van der Waals surface area contributed by atoms with Gasteiger partial charge in [0.1, 0.15) is 6.61 Å². The third-order valence-electron chi connectivity index (χ3n) is 0.941. The van der Waals surface area contributed by atoms with Crippen molar-refractivity contribution in [2.24, 2.45) is 5.84 Å².